The minimum atomic E-state index is -1.19. The summed E-state index contributed by atoms with van der Waals surface area (Å²) in [5, 5.41) is 0. The summed E-state index contributed by atoms with van der Waals surface area (Å²) in [6, 6.07) is 17.5. The number of fused-ring (bicyclic) bond motifs is 5. The second-order valence-corrected chi connectivity index (χ2v) is 23.8. The van der Waals surface area contributed by atoms with Crippen molar-refractivity contribution in [2.24, 2.45) is 0 Å². The van der Waals surface area contributed by atoms with Crippen molar-refractivity contribution >= 4 is 23.8 Å². The molecule has 3 heterocycles. The predicted octanol–water partition coefficient (Wildman–Crippen LogP) is 17.8. The average molecular weight is 992 g/mol. The van der Waals surface area contributed by atoms with E-state index in [-0.39, 0.29) is 18.3 Å². The molecule has 1 spiro atoms. The molecular formula is C66H110N4O2+4. The van der Waals surface area contributed by atoms with Crippen LogP contribution < -0.4 is 9.47 Å². The van der Waals surface area contributed by atoms with E-state index in [1.165, 1.54) is 225 Å². The molecule has 6 nitrogen and oxygen atoms in total. The van der Waals surface area contributed by atoms with Gasteiger partial charge in [-0.2, -0.15) is 0 Å². The highest BCUT2D eigenvalue weighted by Crippen LogP contribution is 2.51. The van der Waals surface area contributed by atoms with Crippen LogP contribution in [0, 0.1) is 13.8 Å². The summed E-state index contributed by atoms with van der Waals surface area (Å²) in [6.07, 6.45) is 32.7. The highest BCUT2D eigenvalue weighted by Gasteiger charge is 2.72. The number of unbranched alkanes of at least 4 members (excludes halogenated alkanes) is 8. The Hall–Kier alpha value is -3.48. The van der Waals surface area contributed by atoms with Crippen molar-refractivity contribution in [2.75, 3.05) is 52.4 Å². The molecule has 0 fully saturated rings. The Bertz CT molecular complexity index is 2130. The summed E-state index contributed by atoms with van der Waals surface area (Å²) in [5.41, 5.74) is 9.99. The molecular weight excluding hydrogens is 881 g/mol. The van der Waals surface area contributed by atoms with Crippen LogP contribution in [0.4, 0.5) is 11.4 Å². The first-order valence-corrected chi connectivity index (χ1v) is 30.0. The second kappa shape index (κ2) is 27.3. The van der Waals surface area contributed by atoms with Crippen LogP contribution >= 0.6 is 0 Å². The van der Waals surface area contributed by atoms with Gasteiger partial charge >= 0.3 is 6.03 Å². The van der Waals surface area contributed by atoms with Crippen LogP contribution in [0.3, 0.4) is 0 Å². The molecule has 0 saturated carbocycles. The molecule has 0 N–H and O–H groups in total. The van der Waals surface area contributed by atoms with Gasteiger partial charge in [-0.05, 0) is 145 Å². The van der Waals surface area contributed by atoms with Crippen LogP contribution in [0.5, 0.6) is 11.5 Å². The summed E-state index contributed by atoms with van der Waals surface area (Å²) in [5.74, 6) is 1.86. The normalized spacial score (nSPS) is 16.1. The van der Waals surface area contributed by atoms with Gasteiger partial charge in [0.15, 0.2) is 23.9 Å². The van der Waals surface area contributed by atoms with Crippen molar-refractivity contribution in [3.63, 3.8) is 0 Å². The van der Waals surface area contributed by atoms with E-state index < -0.39 is 6.03 Å². The van der Waals surface area contributed by atoms with Crippen LogP contribution in [0.1, 0.15) is 251 Å². The van der Waals surface area contributed by atoms with Crippen molar-refractivity contribution in [2.45, 2.75) is 249 Å². The third kappa shape index (κ3) is 13.5. The van der Waals surface area contributed by atoms with Gasteiger partial charge in [0.2, 0.25) is 0 Å². The van der Waals surface area contributed by atoms with E-state index in [1.54, 1.807) is 0 Å². The van der Waals surface area contributed by atoms with Crippen molar-refractivity contribution in [1.82, 2.24) is 0 Å². The Kier molecular flexibility index (Phi) is 22.6. The fourth-order valence-electron chi connectivity index (χ4n) is 13.0. The highest BCUT2D eigenvalue weighted by molar-refractivity contribution is 5.87. The number of benzene rings is 3. The Morgan fingerprint density at radius 2 is 0.722 bits per heavy atom. The van der Waals surface area contributed by atoms with E-state index in [1.807, 2.05) is 0 Å². The zero-order valence-corrected chi connectivity index (χ0v) is 48.1. The zero-order valence-electron chi connectivity index (χ0n) is 48.1. The quantitative estimate of drug-likeness (QED) is 0.0440. The largest absolute Gasteiger partial charge is 0.715 e. The van der Waals surface area contributed by atoms with Gasteiger partial charge in [0, 0.05) is 12.1 Å². The summed E-state index contributed by atoms with van der Waals surface area (Å²) in [6.45, 7) is 39.3. The fraction of sp³-hybridized carbons (Fsp3) is 0.697. The minimum absolute atomic E-state index is 0. The van der Waals surface area contributed by atoms with Crippen LogP contribution in [0.15, 0.2) is 48.5 Å². The van der Waals surface area contributed by atoms with Gasteiger partial charge in [0.05, 0.1) is 63.5 Å². The second-order valence-electron chi connectivity index (χ2n) is 23.8. The Labute approximate surface area is 443 Å². The van der Waals surface area contributed by atoms with Crippen molar-refractivity contribution in [3.8, 4) is 11.5 Å². The molecule has 0 aliphatic carbocycles. The molecule has 0 saturated heterocycles. The molecule has 0 amide bonds. The molecule has 0 bridgehead atoms. The van der Waals surface area contributed by atoms with Gasteiger partial charge in [-0.15, -0.1) is 0 Å². The zero-order chi connectivity index (χ0) is 51.1. The molecule has 402 valence electrons. The molecule has 3 aromatic carbocycles. The molecule has 3 aromatic rings. The van der Waals surface area contributed by atoms with E-state index >= 15 is 0 Å². The average Bonchev–Trinajstić information content (AvgIpc) is 3.65. The smallest absolute Gasteiger partial charge is 0.340 e. The SMILES string of the molecule is C.CCCCC(C)(CCCC)c1cc(C)c2c(c1)C=[N+]1c3ccccc3[N+]3=Cc4cc(C(C)(CCC[N+](CCCC)(CCCC)CCCC)CCC[N+](CCCC)(CCCC)CCCC)cc(C)c4OC13O2. The number of para-hydroxylation sites is 2. The van der Waals surface area contributed by atoms with Crippen LogP contribution in [-0.4, -0.2) is 88.9 Å². The van der Waals surface area contributed by atoms with E-state index in [2.05, 4.69) is 153 Å². The highest BCUT2D eigenvalue weighted by atomic mass is 16.7. The third-order valence-corrected chi connectivity index (χ3v) is 17.8. The van der Waals surface area contributed by atoms with E-state index in [4.69, 9.17) is 9.47 Å². The van der Waals surface area contributed by atoms with Crippen LogP contribution in [0.25, 0.3) is 0 Å². The number of hydrogen-bond acceptors (Lipinski definition) is 2. The molecule has 6 rings (SSSR count). The molecule has 3 aliphatic rings. The van der Waals surface area contributed by atoms with Gasteiger partial charge in [-0.1, -0.05) is 165 Å². The lowest BCUT2D eigenvalue weighted by Gasteiger charge is -2.42. The molecule has 1 atom stereocenters. The van der Waals surface area contributed by atoms with E-state index in [0.717, 1.165) is 34.0 Å². The topological polar surface area (TPSA) is 24.5 Å². The van der Waals surface area contributed by atoms with E-state index in [0.29, 0.717) is 0 Å². The van der Waals surface area contributed by atoms with Crippen LogP contribution in [0.2, 0.25) is 0 Å². The first-order valence-electron chi connectivity index (χ1n) is 30.0. The van der Waals surface area contributed by atoms with Crippen molar-refractivity contribution in [3.05, 3.63) is 81.9 Å². The lowest BCUT2D eigenvalue weighted by atomic mass is 9.73. The fourth-order valence-corrected chi connectivity index (χ4v) is 13.0. The minimum Gasteiger partial charge on any atom is -0.340 e. The van der Waals surface area contributed by atoms with Crippen LogP contribution in [-0.2, 0) is 10.8 Å². The Morgan fingerprint density at radius 1 is 0.431 bits per heavy atom. The predicted molar refractivity (Wildman–Crippen MR) is 311 cm³/mol. The molecule has 0 radical (unpaired) electrons. The first-order chi connectivity index (χ1) is 34.3. The number of nitrogens with zero attached hydrogens (tertiary/aromatic N) is 4. The molecule has 6 heteroatoms. The van der Waals surface area contributed by atoms with Crippen molar-refractivity contribution < 1.29 is 27.6 Å². The monoisotopic (exact) mass is 991 g/mol. The van der Waals surface area contributed by atoms with E-state index in [9.17, 15) is 0 Å². The summed E-state index contributed by atoms with van der Waals surface area (Å²) >= 11 is 0. The lowest BCUT2D eigenvalue weighted by molar-refractivity contribution is -0.929. The standard InChI is InChI=1S/C65H106N4O2.CH4/c1-13-21-35-63(11,36-22-14-2)57-47-53(9)61-55(49-57)51-66-59-33-29-30-34-60(59)67-52-56-50-58(48-54(10)62(56)71-65(66,67)70-61)64(12,37-31-45-68(39-23-15-3,40-24-16-4)41-25-17-5)38-32-46-69(42-26-18-6,43-27-19-7)44-28-20-8;/h29-30,33-34,47-52H,13-28,31-32,35-46H2,1-12H3;1H4/q+4;. The van der Waals surface area contributed by atoms with Gasteiger partial charge in [0.1, 0.15) is 0 Å². The number of quaternary nitrogens is 2. The van der Waals surface area contributed by atoms with Gasteiger partial charge in [-0.25, -0.2) is 0 Å². The Balaban J connectivity index is 0.00000963. The summed E-state index contributed by atoms with van der Waals surface area (Å²) in [7, 11) is 0. The molecule has 72 heavy (non-hydrogen) atoms. The van der Waals surface area contributed by atoms with Gasteiger partial charge in [-0.3, -0.25) is 0 Å². The lowest BCUT2D eigenvalue weighted by Crippen LogP contribution is -2.59. The third-order valence-electron chi connectivity index (χ3n) is 17.8. The number of rotatable bonds is 34. The maximum atomic E-state index is 7.48. The van der Waals surface area contributed by atoms with Crippen molar-refractivity contribution in [1.29, 1.82) is 0 Å². The number of ether oxygens (including phenoxy) is 2. The number of hydrogen-bond donors (Lipinski definition) is 0. The maximum absolute atomic E-state index is 7.48. The Morgan fingerprint density at radius 3 is 1.03 bits per heavy atom. The maximum Gasteiger partial charge on any atom is 0.715 e. The first kappa shape index (κ1) is 59.4. The molecule has 0 aromatic heterocycles. The molecule has 3 aliphatic heterocycles. The molecule has 1 unspecified atom stereocenters. The summed E-state index contributed by atoms with van der Waals surface area (Å²) in [4.78, 5) is 0. The summed E-state index contributed by atoms with van der Waals surface area (Å²) < 4.78 is 22.1. The number of aryl methyl sites for hydroxylation is 2. The van der Waals surface area contributed by atoms with Gasteiger partial charge < -0.3 is 18.4 Å². The van der Waals surface area contributed by atoms with Gasteiger partial charge in [0.25, 0.3) is 11.4 Å².